The largest absolute Gasteiger partial charge is 0.372 e. The molecule has 0 aromatic heterocycles. The molecule has 6 rings (SSSR count). The van der Waals surface area contributed by atoms with Crippen LogP contribution in [0.2, 0.25) is 0 Å². The number of benzene rings is 2. The van der Waals surface area contributed by atoms with Crippen LogP contribution in [0.1, 0.15) is 45.5 Å². The van der Waals surface area contributed by atoms with Crippen molar-refractivity contribution < 1.29 is 9.59 Å². The Bertz CT molecular complexity index is 1020. The first kappa shape index (κ1) is 19.8. The van der Waals surface area contributed by atoms with E-state index >= 15 is 0 Å². The minimum atomic E-state index is 0.133. The van der Waals surface area contributed by atoms with Crippen molar-refractivity contribution in [3.05, 3.63) is 65.2 Å². The summed E-state index contributed by atoms with van der Waals surface area (Å²) in [4.78, 5) is 34.3. The van der Waals surface area contributed by atoms with E-state index in [1.165, 1.54) is 24.9 Å². The number of hydrogen-bond donors (Lipinski definition) is 0. The first-order valence-corrected chi connectivity index (χ1v) is 11.9. The van der Waals surface area contributed by atoms with Crippen LogP contribution in [0, 0.1) is 0 Å². The molecule has 3 fully saturated rings. The maximum Gasteiger partial charge on any atom is 0.254 e. The quantitative estimate of drug-likeness (QED) is 0.749. The molecule has 4 heterocycles. The van der Waals surface area contributed by atoms with Crippen molar-refractivity contribution in [2.24, 2.45) is 0 Å². The van der Waals surface area contributed by atoms with Crippen molar-refractivity contribution in [3.63, 3.8) is 0 Å². The number of anilines is 1. The summed E-state index contributed by atoms with van der Waals surface area (Å²) in [5.74, 6) is 0.303. The highest BCUT2D eigenvalue weighted by Crippen LogP contribution is 2.31. The van der Waals surface area contributed by atoms with Crippen molar-refractivity contribution in [1.82, 2.24) is 14.7 Å². The van der Waals surface area contributed by atoms with Crippen molar-refractivity contribution in [3.8, 4) is 0 Å². The van der Waals surface area contributed by atoms with E-state index in [4.69, 9.17) is 0 Å². The highest BCUT2D eigenvalue weighted by atomic mass is 16.2. The van der Waals surface area contributed by atoms with E-state index in [-0.39, 0.29) is 11.8 Å². The molecule has 0 unspecified atom stereocenters. The number of nitrogens with zero attached hydrogens (tertiary/aromatic N) is 4. The Morgan fingerprint density at radius 2 is 1.53 bits per heavy atom. The zero-order valence-electron chi connectivity index (χ0n) is 18.4. The third kappa shape index (κ3) is 3.37. The summed E-state index contributed by atoms with van der Waals surface area (Å²) in [6.45, 7) is 6.37. The maximum absolute atomic E-state index is 12.9. The van der Waals surface area contributed by atoms with Gasteiger partial charge in [0.15, 0.2) is 0 Å². The average Bonchev–Trinajstić information content (AvgIpc) is 3.11. The molecule has 0 spiro atoms. The second kappa shape index (κ2) is 7.93. The zero-order chi connectivity index (χ0) is 21.7. The van der Waals surface area contributed by atoms with Crippen LogP contribution >= 0.6 is 0 Å². The second-order valence-corrected chi connectivity index (χ2v) is 9.66. The van der Waals surface area contributed by atoms with Gasteiger partial charge in [0.05, 0.1) is 6.04 Å². The van der Waals surface area contributed by atoms with Crippen molar-refractivity contribution >= 4 is 17.5 Å². The standard InChI is InChI=1S/C26H30N4O2/c31-25(19-8-10-21(11-9-19)27-12-4-1-5-13-27)29-15-22(16-29)28-17-23(18-28)30-14-20-6-2-3-7-24(20)26(30)32/h2-3,6-11,22-23H,1,4-5,12-18H2. The number of piperidine rings is 1. The molecule has 2 amide bonds. The third-order valence-electron chi connectivity index (χ3n) is 7.68. The van der Waals surface area contributed by atoms with E-state index < -0.39 is 0 Å². The van der Waals surface area contributed by atoms with Crippen LogP contribution in [0.4, 0.5) is 5.69 Å². The fourth-order valence-electron chi connectivity index (χ4n) is 5.56. The smallest absolute Gasteiger partial charge is 0.254 e. The molecule has 0 saturated carbocycles. The van der Waals surface area contributed by atoms with Gasteiger partial charge in [-0.1, -0.05) is 18.2 Å². The molecule has 2 aromatic rings. The summed E-state index contributed by atoms with van der Waals surface area (Å²) >= 11 is 0. The van der Waals surface area contributed by atoms with Crippen LogP contribution in [0.3, 0.4) is 0 Å². The summed E-state index contributed by atoms with van der Waals surface area (Å²) in [5.41, 5.74) is 4.01. The SMILES string of the molecule is O=C(c1ccc(N2CCCCC2)cc1)N1CC(N2CC(N3Cc4ccccc4C3=O)C2)C1. The van der Waals surface area contributed by atoms with Crippen LogP contribution in [0.5, 0.6) is 0 Å². The minimum Gasteiger partial charge on any atom is -0.372 e. The molecule has 2 aromatic carbocycles. The Morgan fingerprint density at radius 3 is 2.25 bits per heavy atom. The molecular formula is C26H30N4O2. The minimum absolute atomic E-state index is 0.133. The monoisotopic (exact) mass is 430 g/mol. The van der Waals surface area contributed by atoms with Crippen molar-refractivity contribution in [1.29, 1.82) is 0 Å². The predicted octanol–water partition coefficient (Wildman–Crippen LogP) is 2.84. The third-order valence-corrected chi connectivity index (χ3v) is 7.68. The van der Waals surface area contributed by atoms with Gasteiger partial charge in [0.25, 0.3) is 11.8 Å². The van der Waals surface area contributed by atoms with Gasteiger partial charge in [-0.25, -0.2) is 0 Å². The number of carbonyl (C=O) groups excluding carboxylic acids is 2. The zero-order valence-corrected chi connectivity index (χ0v) is 18.4. The van der Waals surface area contributed by atoms with Gasteiger partial charge in [0, 0.05) is 68.7 Å². The van der Waals surface area contributed by atoms with Crippen molar-refractivity contribution in [2.45, 2.75) is 37.9 Å². The molecule has 0 N–H and O–H groups in total. The van der Waals surface area contributed by atoms with E-state index in [1.54, 1.807) is 0 Å². The Hall–Kier alpha value is -2.86. The second-order valence-electron chi connectivity index (χ2n) is 9.66. The van der Waals surface area contributed by atoms with Gasteiger partial charge in [0.2, 0.25) is 0 Å². The summed E-state index contributed by atoms with van der Waals surface area (Å²) in [7, 11) is 0. The predicted molar refractivity (Wildman–Crippen MR) is 124 cm³/mol. The van der Waals surface area contributed by atoms with Crippen LogP contribution < -0.4 is 4.90 Å². The van der Waals surface area contributed by atoms with Gasteiger partial charge in [-0.2, -0.15) is 0 Å². The lowest BCUT2D eigenvalue weighted by Crippen LogP contribution is -2.70. The van der Waals surface area contributed by atoms with Gasteiger partial charge in [-0.15, -0.1) is 0 Å². The number of fused-ring (bicyclic) bond motifs is 1. The van der Waals surface area contributed by atoms with E-state index in [0.29, 0.717) is 12.1 Å². The van der Waals surface area contributed by atoms with Crippen LogP contribution in [0.25, 0.3) is 0 Å². The highest BCUT2D eigenvalue weighted by Gasteiger charge is 2.45. The van der Waals surface area contributed by atoms with Gasteiger partial charge in [-0.05, 0) is 55.2 Å². The molecule has 0 atom stereocenters. The number of carbonyl (C=O) groups is 2. The van der Waals surface area contributed by atoms with Crippen molar-refractivity contribution in [2.75, 3.05) is 44.2 Å². The Labute approximate surface area is 189 Å². The molecule has 3 saturated heterocycles. The van der Waals surface area contributed by atoms with E-state index in [9.17, 15) is 9.59 Å². The highest BCUT2D eigenvalue weighted by molar-refractivity contribution is 5.98. The van der Waals surface area contributed by atoms with E-state index in [2.05, 4.69) is 28.0 Å². The van der Waals surface area contributed by atoms with Gasteiger partial charge >= 0.3 is 0 Å². The van der Waals surface area contributed by atoms with Gasteiger partial charge in [0.1, 0.15) is 0 Å². The summed E-state index contributed by atoms with van der Waals surface area (Å²) < 4.78 is 0. The molecule has 6 nitrogen and oxygen atoms in total. The first-order valence-electron chi connectivity index (χ1n) is 11.9. The van der Waals surface area contributed by atoms with Crippen LogP contribution in [-0.2, 0) is 6.54 Å². The summed E-state index contributed by atoms with van der Waals surface area (Å²) in [5, 5.41) is 0. The summed E-state index contributed by atoms with van der Waals surface area (Å²) in [6.07, 6.45) is 3.83. The fourth-order valence-corrected chi connectivity index (χ4v) is 5.56. The lowest BCUT2D eigenvalue weighted by molar-refractivity contribution is -0.0364. The molecule has 6 heteroatoms. The Kier molecular flexibility index (Phi) is 4.90. The van der Waals surface area contributed by atoms with Gasteiger partial charge in [-0.3, -0.25) is 14.5 Å². The number of hydrogen-bond acceptors (Lipinski definition) is 4. The first-order chi connectivity index (χ1) is 15.7. The lowest BCUT2D eigenvalue weighted by Gasteiger charge is -2.53. The Balaban J connectivity index is 0.990. The van der Waals surface area contributed by atoms with Crippen LogP contribution in [-0.4, -0.2) is 77.9 Å². The summed E-state index contributed by atoms with van der Waals surface area (Å²) in [6, 6.07) is 16.8. The normalized spacial score (nSPS) is 22.0. The van der Waals surface area contributed by atoms with Gasteiger partial charge < -0.3 is 14.7 Å². The Morgan fingerprint density at radius 1 is 0.812 bits per heavy atom. The number of likely N-dealkylation sites (tertiary alicyclic amines) is 2. The molecule has 0 aliphatic carbocycles. The molecule has 32 heavy (non-hydrogen) atoms. The lowest BCUT2D eigenvalue weighted by atomic mass is 9.98. The fraction of sp³-hybridized carbons (Fsp3) is 0.462. The van der Waals surface area contributed by atoms with E-state index in [1.807, 2.05) is 40.1 Å². The molecule has 4 aliphatic heterocycles. The number of rotatable bonds is 4. The topological polar surface area (TPSA) is 47.1 Å². The number of amides is 2. The molecule has 4 aliphatic rings. The molecule has 0 bridgehead atoms. The van der Waals surface area contributed by atoms with E-state index in [0.717, 1.165) is 62.5 Å². The molecule has 166 valence electrons. The van der Waals surface area contributed by atoms with Crippen LogP contribution in [0.15, 0.2) is 48.5 Å². The molecule has 0 radical (unpaired) electrons. The average molecular weight is 431 g/mol. The molecular weight excluding hydrogens is 400 g/mol. The maximum atomic E-state index is 12.9.